The molecule has 1 aromatic heterocycles. The molecule has 0 spiro atoms. The lowest BCUT2D eigenvalue weighted by Crippen LogP contribution is -2.67. The molecule has 1 aliphatic heterocycles. The monoisotopic (exact) mass is 984 g/mol. The molecule has 10 rings (SSSR count). The number of ether oxygens (including phenoxy) is 4. The predicted octanol–water partition coefficient (Wildman–Crippen LogP) is 13.1. The van der Waals surface area contributed by atoms with E-state index in [1.54, 1.807) is 7.11 Å². The van der Waals surface area contributed by atoms with Crippen molar-refractivity contribution in [1.29, 1.82) is 0 Å². The highest BCUT2D eigenvalue weighted by Crippen LogP contribution is 2.78. The van der Waals surface area contributed by atoms with Gasteiger partial charge in [-0.25, -0.2) is 4.98 Å². The van der Waals surface area contributed by atoms with Crippen molar-refractivity contribution in [1.82, 2.24) is 14.9 Å². The summed E-state index contributed by atoms with van der Waals surface area (Å²) in [6.45, 7) is 25.8. The Morgan fingerprint density at radius 1 is 0.806 bits per heavy atom. The fourth-order valence-electron chi connectivity index (χ4n) is 18.0. The Labute approximate surface area is 430 Å². The van der Waals surface area contributed by atoms with Crippen LogP contribution in [0.15, 0.2) is 72.9 Å². The summed E-state index contributed by atoms with van der Waals surface area (Å²) in [6, 6.07) is 17.8. The number of benzene rings is 2. The molecule has 10 heteroatoms. The Kier molecular flexibility index (Phi) is 13.5. The minimum Gasteiger partial charge on any atom is -0.491 e. The summed E-state index contributed by atoms with van der Waals surface area (Å²) < 4.78 is 23.5. The van der Waals surface area contributed by atoms with Gasteiger partial charge in [0.15, 0.2) is 0 Å². The third-order valence-corrected chi connectivity index (χ3v) is 22.5. The van der Waals surface area contributed by atoms with Crippen molar-refractivity contribution >= 4 is 17.8 Å². The van der Waals surface area contributed by atoms with Gasteiger partial charge in [-0.15, -0.1) is 0 Å². The number of H-pyrrole nitrogens is 1. The molecule has 390 valence electrons. The van der Waals surface area contributed by atoms with E-state index in [1.165, 1.54) is 12.0 Å². The molecule has 2 heterocycles. The summed E-state index contributed by atoms with van der Waals surface area (Å²) in [5.41, 5.74) is 3.44. The summed E-state index contributed by atoms with van der Waals surface area (Å²) in [4.78, 5) is 54.3. The molecule has 2 aromatic carbocycles. The fraction of sp³-hybridized carbons (Fsp3) is 0.677. The standard InChI is InChI=1S/C62H85N3O7/c1-11-58(6)45(54(66)71-38-40-16-13-12-14-17-40)36-46(58)55(67)72-51-27-28-59(7)49(57(51,4)5)26-29-61(9)50(59)24-23-44-52-43(39(2)3)25-30-62(52,32-31-60(44,61)8)56(68)65-33-15-18-48(65)53-63-37-47(64-53)41-19-21-42(22-20-41)70-35-34-69-10/h12-14,16-17,19-22,37,43-46,48-52H,2,11,15,18,23-36,38H2,1,3-10H3,(H,63,64). The van der Waals surface area contributed by atoms with E-state index in [-0.39, 0.29) is 70.1 Å². The Bertz CT molecular complexity index is 2500. The number of carbonyl (C=O) groups is 3. The van der Waals surface area contributed by atoms with Crippen molar-refractivity contribution < 1.29 is 33.3 Å². The molecule has 7 fully saturated rings. The number of rotatable bonds is 14. The number of hydrogen-bond donors (Lipinski definition) is 1. The number of imidazole rings is 1. The number of allylic oxidation sites excluding steroid dienone is 1. The number of likely N-dealkylation sites (tertiary alicyclic amines) is 1. The number of nitrogens with zero attached hydrogens (tertiary/aromatic N) is 2. The first kappa shape index (κ1) is 51.1. The molecule has 14 unspecified atom stereocenters. The third-order valence-electron chi connectivity index (χ3n) is 22.5. The first-order chi connectivity index (χ1) is 34.4. The van der Waals surface area contributed by atoms with E-state index in [2.05, 4.69) is 84.0 Å². The second kappa shape index (κ2) is 19.0. The summed E-state index contributed by atoms with van der Waals surface area (Å²) in [5.74, 6) is 3.12. The lowest BCUT2D eigenvalue weighted by Gasteiger charge is -2.73. The van der Waals surface area contributed by atoms with E-state index >= 15 is 4.79 Å². The number of aromatic amines is 1. The Morgan fingerprint density at radius 3 is 2.28 bits per heavy atom. The second-order valence-electron chi connectivity index (χ2n) is 25.6. The molecule has 6 aliphatic carbocycles. The Balaban J connectivity index is 0.836. The maximum atomic E-state index is 15.8. The highest BCUT2D eigenvalue weighted by molar-refractivity contribution is 5.85. The van der Waals surface area contributed by atoms with Gasteiger partial charge in [0, 0.05) is 19.1 Å². The third kappa shape index (κ3) is 8.02. The van der Waals surface area contributed by atoms with Crippen LogP contribution in [-0.2, 0) is 35.2 Å². The molecule has 72 heavy (non-hydrogen) atoms. The van der Waals surface area contributed by atoms with E-state index in [9.17, 15) is 9.59 Å². The fourth-order valence-corrected chi connectivity index (χ4v) is 18.0. The van der Waals surface area contributed by atoms with Gasteiger partial charge in [0.25, 0.3) is 0 Å². The molecule has 3 aromatic rings. The smallest absolute Gasteiger partial charge is 0.309 e. The molecule has 6 saturated carbocycles. The summed E-state index contributed by atoms with van der Waals surface area (Å²) in [6.07, 6.45) is 15.3. The lowest BCUT2D eigenvalue weighted by molar-refractivity contribution is -0.251. The average molecular weight is 984 g/mol. The molecule has 0 bridgehead atoms. The highest BCUT2D eigenvalue weighted by atomic mass is 16.5. The average Bonchev–Trinajstić information content (AvgIpc) is 4.15. The Morgan fingerprint density at radius 2 is 1.56 bits per heavy atom. The van der Waals surface area contributed by atoms with Gasteiger partial charge in [0.05, 0.1) is 41.8 Å². The van der Waals surface area contributed by atoms with Gasteiger partial charge in [-0.1, -0.05) is 91.0 Å². The molecular weight excluding hydrogens is 899 g/mol. The van der Waals surface area contributed by atoms with E-state index in [1.807, 2.05) is 48.7 Å². The van der Waals surface area contributed by atoms with Gasteiger partial charge in [-0.05, 0) is 183 Å². The lowest BCUT2D eigenvalue weighted by atomic mass is 9.32. The number of esters is 2. The largest absolute Gasteiger partial charge is 0.491 e. The van der Waals surface area contributed by atoms with Crippen LogP contribution < -0.4 is 4.74 Å². The molecule has 10 nitrogen and oxygen atoms in total. The number of carbonyl (C=O) groups excluding carboxylic acids is 3. The highest BCUT2D eigenvalue weighted by Gasteiger charge is 2.73. The zero-order valence-electron chi connectivity index (χ0n) is 45.2. The summed E-state index contributed by atoms with van der Waals surface area (Å²) in [7, 11) is 1.67. The van der Waals surface area contributed by atoms with Crippen molar-refractivity contribution in [2.75, 3.05) is 26.9 Å². The SMILES string of the molecule is C=C(C)C1CCC2(C(=O)N3CCCC3c3ncc(-c4ccc(OCCOC)cc4)[nH]3)CCC3(C)C(CCC4C5(C)CCC(OC(=O)C6CC(C(=O)OCc7ccccc7)C6(C)CC)C(C)(C)C5CCC43C)C12. The number of fused-ring (bicyclic) bond motifs is 7. The maximum absolute atomic E-state index is 15.8. The van der Waals surface area contributed by atoms with Gasteiger partial charge >= 0.3 is 11.9 Å². The van der Waals surface area contributed by atoms with Crippen LogP contribution in [0.4, 0.5) is 0 Å². The van der Waals surface area contributed by atoms with E-state index in [0.29, 0.717) is 55.6 Å². The summed E-state index contributed by atoms with van der Waals surface area (Å²) >= 11 is 0. The van der Waals surface area contributed by atoms with Gasteiger partial charge in [0.2, 0.25) is 5.91 Å². The molecule has 14 atom stereocenters. The van der Waals surface area contributed by atoms with Crippen LogP contribution >= 0.6 is 0 Å². The molecular formula is C62H85N3O7. The van der Waals surface area contributed by atoms with Gasteiger partial charge < -0.3 is 28.8 Å². The first-order valence-electron chi connectivity index (χ1n) is 28.0. The number of hydrogen-bond acceptors (Lipinski definition) is 8. The van der Waals surface area contributed by atoms with Crippen LogP contribution in [0.25, 0.3) is 11.3 Å². The predicted molar refractivity (Wildman–Crippen MR) is 280 cm³/mol. The van der Waals surface area contributed by atoms with Gasteiger partial charge in [0.1, 0.15) is 30.9 Å². The van der Waals surface area contributed by atoms with E-state index < -0.39 is 10.8 Å². The minimum absolute atomic E-state index is 0.0629. The van der Waals surface area contributed by atoms with Crippen molar-refractivity contribution in [3.8, 4) is 17.0 Å². The van der Waals surface area contributed by atoms with Crippen molar-refractivity contribution in [3.63, 3.8) is 0 Å². The number of methoxy groups -OCH3 is 1. The zero-order valence-corrected chi connectivity index (χ0v) is 45.2. The molecule has 7 aliphatic rings. The molecule has 1 amide bonds. The number of nitrogens with one attached hydrogen (secondary N) is 1. The van der Waals surface area contributed by atoms with Crippen LogP contribution in [0.3, 0.4) is 0 Å². The topological polar surface area (TPSA) is 120 Å². The molecule has 1 saturated heterocycles. The Hall–Kier alpha value is -4.44. The van der Waals surface area contributed by atoms with Gasteiger partial charge in [-0.2, -0.15) is 0 Å². The van der Waals surface area contributed by atoms with Crippen LogP contribution in [-0.4, -0.2) is 65.7 Å². The van der Waals surface area contributed by atoms with Crippen molar-refractivity contribution in [3.05, 3.63) is 84.3 Å². The second-order valence-corrected chi connectivity index (χ2v) is 25.6. The van der Waals surface area contributed by atoms with Crippen molar-refractivity contribution in [2.24, 2.45) is 73.9 Å². The van der Waals surface area contributed by atoms with E-state index in [0.717, 1.165) is 106 Å². The quantitative estimate of drug-likeness (QED) is 0.0963. The zero-order chi connectivity index (χ0) is 51.0. The van der Waals surface area contributed by atoms with E-state index in [4.69, 9.17) is 23.9 Å². The van der Waals surface area contributed by atoms with Crippen LogP contribution in [0.5, 0.6) is 5.75 Å². The van der Waals surface area contributed by atoms with Crippen molar-refractivity contribution in [2.45, 2.75) is 164 Å². The van der Waals surface area contributed by atoms with Crippen LogP contribution in [0, 0.1) is 73.9 Å². The van der Waals surface area contributed by atoms with Crippen LogP contribution in [0.1, 0.15) is 163 Å². The summed E-state index contributed by atoms with van der Waals surface area (Å²) in [5, 5.41) is 0. The maximum Gasteiger partial charge on any atom is 0.309 e. The molecule has 1 N–H and O–H groups in total. The minimum atomic E-state index is -0.488. The number of aromatic nitrogens is 2. The normalized spacial score (nSPS) is 38.6. The van der Waals surface area contributed by atoms with Gasteiger partial charge in [-0.3, -0.25) is 14.4 Å². The number of amides is 1. The first-order valence-corrected chi connectivity index (χ1v) is 28.0. The molecule has 0 radical (unpaired) electrons. The van der Waals surface area contributed by atoms with Crippen LogP contribution in [0.2, 0.25) is 0 Å².